The lowest BCUT2D eigenvalue weighted by molar-refractivity contribution is -0.132. The van der Waals surface area contributed by atoms with Crippen LogP contribution >= 0.6 is 0 Å². The van der Waals surface area contributed by atoms with E-state index in [4.69, 9.17) is 14.2 Å². The molecule has 1 aliphatic heterocycles. The van der Waals surface area contributed by atoms with Gasteiger partial charge in [0.1, 0.15) is 5.76 Å². The molecule has 1 fully saturated rings. The van der Waals surface area contributed by atoms with E-state index in [1.54, 1.807) is 6.92 Å². The second-order valence-corrected chi connectivity index (χ2v) is 3.64. The van der Waals surface area contributed by atoms with Gasteiger partial charge in [0.25, 0.3) is 0 Å². The van der Waals surface area contributed by atoms with Crippen molar-refractivity contribution in [2.75, 3.05) is 20.3 Å². The zero-order chi connectivity index (χ0) is 11.8. The fraction of sp³-hybridized carbons (Fsp3) is 0.455. The highest BCUT2D eigenvalue weighted by atomic mass is 16.7. The standard InChI is InChI=1S/C11H12O5/c1-11(15-3-4-16-11)7-5-8(12)9(13)6-10(7)14-2/h5-6H,3-4H2,1-2H3. The van der Waals surface area contributed by atoms with Crippen LogP contribution in [-0.4, -0.2) is 37.7 Å². The molecule has 0 N–H and O–H groups in total. The topological polar surface area (TPSA) is 61.8 Å². The van der Waals surface area contributed by atoms with E-state index in [9.17, 15) is 9.59 Å². The first-order valence-electron chi connectivity index (χ1n) is 4.91. The number of carbonyl (C=O) groups excluding carboxylic acids is 2. The highest BCUT2D eigenvalue weighted by Crippen LogP contribution is 2.34. The third-order valence-electron chi connectivity index (χ3n) is 2.59. The second-order valence-electron chi connectivity index (χ2n) is 3.64. The van der Waals surface area contributed by atoms with Crippen molar-refractivity contribution in [3.05, 3.63) is 23.5 Å². The highest BCUT2D eigenvalue weighted by Gasteiger charge is 2.40. The Morgan fingerprint density at radius 2 is 1.75 bits per heavy atom. The maximum absolute atomic E-state index is 11.3. The number of ether oxygens (including phenoxy) is 3. The van der Waals surface area contributed by atoms with Crippen molar-refractivity contribution in [3.8, 4) is 0 Å². The van der Waals surface area contributed by atoms with E-state index in [2.05, 4.69) is 0 Å². The van der Waals surface area contributed by atoms with Gasteiger partial charge in [-0.3, -0.25) is 9.59 Å². The van der Waals surface area contributed by atoms with Gasteiger partial charge in [0.15, 0.2) is 5.79 Å². The van der Waals surface area contributed by atoms with Crippen LogP contribution in [0.5, 0.6) is 0 Å². The van der Waals surface area contributed by atoms with Gasteiger partial charge in [-0.1, -0.05) is 0 Å². The molecule has 0 aromatic heterocycles. The number of ketones is 2. The van der Waals surface area contributed by atoms with Crippen molar-refractivity contribution >= 4 is 11.6 Å². The molecule has 16 heavy (non-hydrogen) atoms. The fourth-order valence-electron chi connectivity index (χ4n) is 1.74. The maximum atomic E-state index is 11.3. The minimum Gasteiger partial charge on any atom is -0.496 e. The van der Waals surface area contributed by atoms with Gasteiger partial charge in [-0.25, -0.2) is 0 Å². The first-order valence-corrected chi connectivity index (χ1v) is 4.91. The van der Waals surface area contributed by atoms with Crippen molar-refractivity contribution < 1.29 is 23.8 Å². The molecule has 2 aliphatic rings. The molecule has 0 aromatic rings. The summed E-state index contributed by atoms with van der Waals surface area (Å²) in [6, 6.07) is 0. The molecule has 1 saturated heterocycles. The summed E-state index contributed by atoms with van der Waals surface area (Å²) in [5.41, 5.74) is 0.456. The normalized spacial score (nSPS) is 24.1. The molecule has 1 heterocycles. The summed E-state index contributed by atoms with van der Waals surface area (Å²) in [5.74, 6) is -1.87. The number of carbonyl (C=O) groups is 2. The molecule has 5 nitrogen and oxygen atoms in total. The Hall–Kier alpha value is -1.46. The van der Waals surface area contributed by atoms with Gasteiger partial charge in [-0.05, 0) is 6.92 Å². The second kappa shape index (κ2) is 3.84. The average Bonchev–Trinajstić information content (AvgIpc) is 2.69. The molecule has 0 bridgehead atoms. The van der Waals surface area contributed by atoms with Gasteiger partial charge in [-0.2, -0.15) is 0 Å². The maximum Gasteiger partial charge on any atom is 0.229 e. The molecule has 2 rings (SSSR count). The summed E-state index contributed by atoms with van der Waals surface area (Å²) in [4.78, 5) is 22.5. The van der Waals surface area contributed by atoms with E-state index in [1.165, 1.54) is 13.2 Å². The largest absolute Gasteiger partial charge is 0.496 e. The summed E-state index contributed by atoms with van der Waals surface area (Å²) in [7, 11) is 1.43. The Balaban J connectivity index is 2.38. The molecule has 0 amide bonds. The molecule has 0 unspecified atom stereocenters. The van der Waals surface area contributed by atoms with Crippen LogP contribution in [0.15, 0.2) is 23.5 Å². The lowest BCUT2D eigenvalue weighted by Gasteiger charge is -2.27. The SMILES string of the molecule is COC1=CC(=O)C(=O)C=C1C1(C)OCCO1. The molecule has 0 radical (unpaired) electrons. The van der Waals surface area contributed by atoms with E-state index in [0.717, 1.165) is 6.08 Å². The smallest absolute Gasteiger partial charge is 0.229 e. The molecule has 86 valence electrons. The number of methoxy groups -OCH3 is 1. The van der Waals surface area contributed by atoms with Crippen LogP contribution in [0.4, 0.5) is 0 Å². The van der Waals surface area contributed by atoms with Crippen LogP contribution < -0.4 is 0 Å². The van der Waals surface area contributed by atoms with Crippen molar-refractivity contribution in [1.82, 2.24) is 0 Å². The van der Waals surface area contributed by atoms with Gasteiger partial charge < -0.3 is 14.2 Å². The van der Waals surface area contributed by atoms with Crippen LogP contribution in [0.1, 0.15) is 6.92 Å². The summed E-state index contributed by atoms with van der Waals surface area (Å²) < 4.78 is 15.9. The molecular formula is C11H12O5. The van der Waals surface area contributed by atoms with Gasteiger partial charge in [-0.15, -0.1) is 0 Å². The monoisotopic (exact) mass is 224 g/mol. The molecule has 5 heteroatoms. The Kier molecular flexibility index (Phi) is 2.65. The number of allylic oxidation sites excluding steroid dienone is 2. The lowest BCUT2D eigenvalue weighted by Crippen LogP contribution is -2.33. The highest BCUT2D eigenvalue weighted by molar-refractivity contribution is 6.46. The fourth-order valence-corrected chi connectivity index (χ4v) is 1.74. The number of hydrogen-bond acceptors (Lipinski definition) is 5. The molecule has 1 aliphatic carbocycles. The quantitative estimate of drug-likeness (QED) is 0.500. The third-order valence-corrected chi connectivity index (χ3v) is 2.59. The van der Waals surface area contributed by atoms with Crippen LogP contribution in [0.2, 0.25) is 0 Å². The van der Waals surface area contributed by atoms with Gasteiger partial charge in [0, 0.05) is 12.2 Å². The van der Waals surface area contributed by atoms with Gasteiger partial charge >= 0.3 is 0 Å². The zero-order valence-corrected chi connectivity index (χ0v) is 9.11. The summed E-state index contributed by atoms with van der Waals surface area (Å²) in [6.45, 7) is 2.60. The van der Waals surface area contributed by atoms with Crippen LogP contribution in [0, 0.1) is 0 Å². The van der Waals surface area contributed by atoms with Crippen molar-refractivity contribution in [3.63, 3.8) is 0 Å². The summed E-state index contributed by atoms with van der Waals surface area (Å²) in [6.07, 6.45) is 2.38. The molecule has 0 saturated carbocycles. The van der Waals surface area contributed by atoms with Crippen LogP contribution in [0.25, 0.3) is 0 Å². The molecule has 0 atom stereocenters. The first-order chi connectivity index (χ1) is 7.57. The van der Waals surface area contributed by atoms with E-state index in [-0.39, 0.29) is 0 Å². The van der Waals surface area contributed by atoms with E-state index < -0.39 is 17.4 Å². The zero-order valence-electron chi connectivity index (χ0n) is 9.11. The van der Waals surface area contributed by atoms with Gasteiger partial charge in [0.2, 0.25) is 11.6 Å². The van der Waals surface area contributed by atoms with Crippen molar-refractivity contribution in [1.29, 1.82) is 0 Å². The summed E-state index contributed by atoms with van der Waals surface area (Å²) >= 11 is 0. The minimum atomic E-state index is -1.00. The number of hydrogen-bond donors (Lipinski definition) is 0. The third kappa shape index (κ3) is 1.68. The van der Waals surface area contributed by atoms with E-state index in [0.29, 0.717) is 24.5 Å². The predicted octanol–water partition coefficient (Wildman–Crippen LogP) is 0.358. The Morgan fingerprint density at radius 3 is 2.31 bits per heavy atom. The van der Waals surface area contributed by atoms with Gasteiger partial charge in [0.05, 0.1) is 25.9 Å². The molecular weight excluding hydrogens is 212 g/mol. The first kappa shape index (κ1) is 11.0. The van der Waals surface area contributed by atoms with Crippen molar-refractivity contribution in [2.45, 2.75) is 12.7 Å². The molecule has 0 spiro atoms. The predicted molar refractivity (Wildman–Crippen MR) is 53.5 cm³/mol. The van der Waals surface area contributed by atoms with Crippen LogP contribution in [0.3, 0.4) is 0 Å². The van der Waals surface area contributed by atoms with E-state index in [1.807, 2.05) is 0 Å². The summed E-state index contributed by atoms with van der Waals surface area (Å²) in [5, 5.41) is 0. The van der Waals surface area contributed by atoms with Crippen molar-refractivity contribution in [2.24, 2.45) is 0 Å². The lowest BCUT2D eigenvalue weighted by atomic mass is 9.97. The minimum absolute atomic E-state index is 0.314. The van der Waals surface area contributed by atoms with Crippen LogP contribution in [-0.2, 0) is 23.8 Å². The average molecular weight is 224 g/mol. The number of rotatable bonds is 2. The Morgan fingerprint density at radius 1 is 1.19 bits per heavy atom. The van der Waals surface area contributed by atoms with E-state index >= 15 is 0 Å². The molecule has 0 aromatic carbocycles. The Bertz CT molecular complexity index is 399. The Labute approximate surface area is 92.7 Å².